The number of hydrogen-bond acceptors (Lipinski definition) is 3. The number of aliphatic hydroxyl groups excluding tert-OH is 1. The van der Waals surface area contributed by atoms with Crippen LogP contribution in [-0.2, 0) is 9.53 Å². The second-order valence-electron chi connectivity index (χ2n) is 6.79. The van der Waals surface area contributed by atoms with Crippen LogP contribution in [0.25, 0.3) is 0 Å². The predicted octanol–water partition coefficient (Wildman–Crippen LogP) is 2.74. The summed E-state index contributed by atoms with van der Waals surface area (Å²) in [4.78, 5) is 14.0. The molecule has 0 spiro atoms. The number of hydrogen-bond donors (Lipinski definition) is 1. The van der Waals surface area contributed by atoms with Crippen molar-refractivity contribution >= 4 is 5.91 Å². The molecule has 1 saturated carbocycles. The lowest BCUT2D eigenvalue weighted by molar-refractivity contribution is -0.222. The molecule has 4 nitrogen and oxygen atoms in total. The van der Waals surface area contributed by atoms with E-state index in [1.165, 1.54) is 0 Å². The molecule has 23 heavy (non-hydrogen) atoms. The van der Waals surface area contributed by atoms with Gasteiger partial charge in [-0.25, -0.2) is 0 Å². The van der Waals surface area contributed by atoms with Crippen molar-refractivity contribution in [3.05, 3.63) is 0 Å². The molecule has 1 atom stereocenters. The maximum atomic E-state index is 12.5. The van der Waals surface area contributed by atoms with Crippen molar-refractivity contribution in [2.24, 2.45) is 11.8 Å². The first-order valence-corrected chi connectivity index (χ1v) is 8.36. The van der Waals surface area contributed by atoms with Gasteiger partial charge in [0.15, 0.2) is 6.10 Å². The van der Waals surface area contributed by atoms with Crippen LogP contribution in [0.15, 0.2) is 0 Å². The lowest BCUT2D eigenvalue weighted by Gasteiger charge is -2.36. The molecule has 0 aromatic rings. The van der Waals surface area contributed by atoms with E-state index in [1.807, 2.05) is 0 Å². The molecule has 2 fully saturated rings. The average Bonchev–Trinajstić information content (AvgIpc) is 2.54. The van der Waals surface area contributed by atoms with E-state index in [-0.39, 0.29) is 18.7 Å². The minimum absolute atomic E-state index is 0.0332. The smallest absolute Gasteiger partial charge is 0.383 e. The third kappa shape index (κ3) is 5.08. The fraction of sp³-hybridized carbons (Fsp3) is 0.938. The Morgan fingerprint density at radius 3 is 2.22 bits per heavy atom. The third-order valence-electron chi connectivity index (χ3n) is 5.26. The van der Waals surface area contributed by atoms with Crippen molar-refractivity contribution in [1.29, 1.82) is 0 Å². The third-order valence-corrected chi connectivity index (χ3v) is 5.26. The summed E-state index contributed by atoms with van der Waals surface area (Å²) in [5, 5.41) is 9.30. The number of aliphatic hydroxyl groups is 1. The Bertz CT molecular complexity index is 387. The van der Waals surface area contributed by atoms with Gasteiger partial charge in [0, 0.05) is 26.6 Å². The summed E-state index contributed by atoms with van der Waals surface area (Å²) in [5.41, 5.74) is 0. The summed E-state index contributed by atoms with van der Waals surface area (Å²) < 4.78 is 42.9. The van der Waals surface area contributed by atoms with Crippen molar-refractivity contribution in [1.82, 2.24) is 4.90 Å². The molecule has 1 aliphatic carbocycles. The minimum atomic E-state index is -4.57. The van der Waals surface area contributed by atoms with Gasteiger partial charge in [-0.05, 0) is 50.4 Å². The first-order chi connectivity index (χ1) is 10.8. The fourth-order valence-corrected chi connectivity index (χ4v) is 3.68. The van der Waals surface area contributed by atoms with Crippen molar-refractivity contribution in [2.45, 2.75) is 63.3 Å². The van der Waals surface area contributed by atoms with E-state index < -0.39 is 18.2 Å². The van der Waals surface area contributed by atoms with Gasteiger partial charge in [-0.2, -0.15) is 13.2 Å². The van der Waals surface area contributed by atoms with E-state index >= 15 is 0 Å². The van der Waals surface area contributed by atoms with Crippen LogP contribution >= 0.6 is 0 Å². The summed E-state index contributed by atoms with van der Waals surface area (Å²) in [6.45, 7) is 0.619. The highest BCUT2D eigenvalue weighted by Crippen LogP contribution is 2.33. The highest BCUT2D eigenvalue weighted by atomic mass is 19.4. The number of ether oxygens (including phenoxy) is 1. The minimum Gasteiger partial charge on any atom is -0.383 e. The van der Waals surface area contributed by atoms with Gasteiger partial charge in [0.05, 0.1) is 6.10 Å². The highest BCUT2D eigenvalue weighted by Gasteiger charge is 2.44. The summed E-state index contributed by atoms with van der Waals surface area (Å²) in [6, 6.07) is 0. The molecular weight excluding hydrogens is 311 g/mol. The molecule has 1 aliphatic heterocycles. The zero-order valence-corrected chi connectivity index (χ0v) is 13.5. The molecule has 1 amide bonds. The largest absolute Gasteiger partial charge is 0.414 e. The molecule has 1 unspecified atom stereocenters. The number of nitrogens with zero attached hydrogens (tertiary/aromatic N) is 1. The Morgan fingerprint density at radius 2 is 1.74 bits per heavy atom. The maximum Gasteiger partial charge on any atom is 0.414 e. The van der Waals surface area contributed by atoms with Crippen molar-refractivity contribution in [2.75, 3.05) is 20.2 Å². The lowest BCUT2D eigenvalue weighted by Crippen LogP contribution is -2.45. The van der Waals surface area contributed by atoms with Gasteiger partial charge in [-0.3, -0.25) is 4.79 Å². The van der Waals surface area contributed by atoms with E-state index in [4.69, 9.17) is 4.74 Å². The first-order valence-electron chi connectivity index (χ1n) is 8.36. The van der Waals surface area contributed by atoms with Crippen LogP contribution in [0.1, 0.15) is 44.9 Å². The Hall–Kier alpha value is -0.820. The fourth-order valence-electron chi connectivity index (χ4n) is 3.68. The number of rotatable bonds is 4. The Balaban J connectivity index is 1.74. The molecule has 7 heteroatoms. The highest BCUT2D eigenvalue weighted by molar-refractivity contribution is 5.76. The van der Waals surface area contributed by atoms with Gasteiger partial charge >= 0.3 is 6.18 Å². The van der Waals surface area contributed by atoms with E-state index in [0.717, 1.165) is 25.7 Å². The quantitative estimate of drug-likeness (QED) is 0.858. The van der Waals surface area contributed by atoms with Crippen LogP contribution in [0.3, 0.4) is 0 Å². The maximum absolute atomic E-state index is 12.5. The van der Waals surface area contributed by atoms with Gasteiger partial charge in [0.25, 0.3) is 0 Å². The van der Waals surface area contributed by atoms with Crippen molar-refractivity contribution in [3.8, 4) is 0 Å². The summed E-state index contributed by atoms with van der Waals surface area (Å²) in [7, 11) is 1.70. The number of piperidine rings is 1. The van der Waals surface area contributed by atoms with E-state index in [9.17, 15) is 23.1 Å². The molecule has 1 saturated heterocycles. The average molecular weight is 337 g/mol. The van der Waals surface area contributed by atoms with E-state index in [2.05, 4.69) is 0 Å². The van der Waals surface area contributed by atoms with Gasteiger partial charge in [0.1, 0.15) is 0 Å². The SMILES string of the molecule is COC1CCC(CC(=O)N2CCC(C(O)C(F)(F)F)CC2)CC1. The van der Waals surface area contributed by atoms with E-state index in [1.54, 1.807) is 12.0 Å². The molecule has 2 aliphatic rings. The van der Waals surface area contributed by atoms with Crippen LogP contribution in [0.5, 0.6) is 0 Å². The van der Waals surface area contributed by atoms with Gasteiger partial charge in [0.2, 0.25) is 5.91 Å². The zero-order chi connectivity index (χ0) is 17.0. The monoisotopic (exact) mass is 337 g/mol. The Labute approximate surface area is 135 Å². The van der Waals surface area contributed by atoms with E-state index in [0.29, 0.717) is 31.5 Å². The molecule has 0 aromatic heterocycles. The van der Waals surface area contributed by atoms with Gasteiger partial charge < -0.3 is 14.7 Å². The van der Waals surface area contributed by atoms with Crippen LogP contribution in [0.4, 0.5) is 13.2 Å². The number of halogens is 3. The van der Waals surface area contributed by atoms with Crippen molar-refractivity contribution < 1.29 is 27.8 Å². The second-order valence-corrected chi connectivity index (χ2v) is 6.79. The van der Waals surface area contributed by atoms with Crippen LogP contribution in [0, 0.1) is 11.8 Å². The van der Waals surface area contributed by atoms with Gasteiger partial charge in [-0.1, -0.05) is 0 Å². The summed E-state index contributed by atoms with van der Waals surface area (Å²) in [5.74, 6) is -0.408. The molecule has 134 valence electrons. The second kappa shape index (κ2) is 7.83. The Kier molecular flexibility index (Phi) is 6.31. The molecule has 0 radical (unpaired) electrons. The number of amides is 1. The van der Waals surface area contributed by atoms with Gasteiger partial charge in [-0.15, -0.1) is 0 Å². The molecule has 0 aromatic carbocycles. The van der Waals surface area contributed by atoms with Crippen LogP contribution < -0.4 is 0 Å². The summed E-state index contributed by atoms with van der Waals surface area (Å²) in [6.07, 6.45) is -1.79. The number of alkyl halides is 3. The topological polar surface area (TPSA) is 49.8 Å². The van der Waals surface area contributed by atoms with Crippen LogP contribution in [0.2, 0.25) is 0 Å². The molecule has 1 N–H and O–H groups in total. The summed E-state index contributed by atoms with van der Waals surface area (Å²) >= 11 is 0. The first kappa shape index (κ1) is 18.5. The number of carbonyl (C=O) groups is 1. The molecular formula is C16H26F3NO3. The number of carbonyl (C=O) groups excluding carboxylic acids is 1. The Morgan fingerprint density at radius 1 is 1.17 bits per heavy atom. The zero-order valence-electron chi connectivity index (χ0n) is 13.5. The number of likely N-dealkylation sites (tertiary alicyclic amines) is 1. The number of methoxy groups -OCH3 is 1. The lowest BCUT2D eigenvalue weighted by atomic mass is 9.84. The van der Waals surface area contributed by atoms with Crippen LogP contribution in [-0.4, -0.2) is 54.5 Å². The standard InChI is InChI=1S/C16H26F3NO3/c1-23-13-4-2-11(3-5-13)10-14(21)20-8-6-12(7-9-20)15(22)16(17,18)19/h11-13,15,22H,2-10H2,1H3. The molecule has 0 bridgehead atoms. The normalized spacial score (nSPS) is 28.7. The molecule has 1 heterocycles. The van der Waals surface area contributed by atoms with Crippen molar-refractivity contribution in [3.63, 3.8) is 0 Å². The predicted molar refractivity (Wildman–Crippen MR) is 78.7 cm³/mol. The molecule has 2 rings (SSSR count).